The predicted molar refractivity (Wildman–Crippen MR) is 70.1 cm³/mol. The van der Waals surface area contributed by atoms with Crippen molar-refractivity contribution in [2.75, 3.05) is 0 Å². The molecule has 1 fully saturated rings. The minimum Gasteiger partial charge on any atom is -0.481 e. The molecule has 0 aliphatic heterocycles. The van der Waals surface area contributed by atoms with Crippen LogP contribution in [0, 0.1) is 23.7 Å². The quantitative estimate of drug-likeness (QED) is 0.792. The third-order valence-corrected chi connectivity index (χ3v) is 4.02. The van der Waals surface area contributed by atoms with Crippen LogP contribution in [0.4, 0.5) is 0 Å². The van der Waals surface area contributed by atoms with E-state index in [9.17, 15) is 14.7 Å². The number of aliphatic carboxylic acids is 1. The van der Waals surface area contributed by atoms with Gasteiger partial charge in [0.15, 0.2) is 0 Å². The van der Waals surface area contributed by atoms with E-state index in [1.54, 1.807) is 0 Å². The maximum absolute atomic E-state index is 12.2. The molecule has 0 bridgehead atoms. The molecule has 0 heterocycles. The van der Waals surface area contributed by atoms with Crippen LogP contribution in [0.3, 0.4) is 0 Å². The minimum atomic E-state index is -0.836. The number of carboxylic acids is 1. The summed E-state index contributed by atoms with van der Waals surface area (Å²) in [5.41, 5.74) is 0. The lowest BCUT2D eigenvalue weighted by atomic mass is 9.93. The molecule has 0 aromatic carbocycles. The standard InChI is InChI=1S/C14H25NO3/c1-5-12(8(2)3)15-13(16)10-6-9(4)7-11(10)14(17)18/h8-12H,5-7H2,1-4H3,(H,15,16)(H,17,18)/t9?,10-,11+,12?/m0/s1. The fraction of sp³-hybridized carbons (Fsp3) is 0.857. The Kier molecular flexibility index (Phi) is 5.17. The van der Waals surface area contributed by atoms with Gasteiger partial charge in [0.25, 0.3) is 0 Å². The molecule has 1 saturated carbocycles. The maximum atomic E-state index is 12.2. The van der Waals surface area contributed by atoms with Crippen LogP contribution in [-0.4, -0.2) is 23.0 Å². The molecule has 1 amide bonds. The number of carboxylic acid groups (broad SMARTS) is 1. The number of carbonyl (C=O) groups is 2. The van der Waals surface area contributed by atoms with Crippen LogP contribution in [0.25, 0.3) is 0 Å². The molecule has 0 saturated heterocycles. The molecule has 0 aromatic heterocycles. The van der Waals surface area contributed by atoms with Crippen LogP contribution in [0.15, 0.2) is 0 Å². The zero-order valence-electron chi connectivity index (χ0n) is 11.8. The van der Waals surface area contributed by atoms with Gasteiger partial charge in [0.1, 0.15) is 0 Å². The highest BCUT2D eigenvalue weighted by Crippen LogP contribution is 2.36. The van der Waals surface area contributed by atoms with Gasteiger partial charge in [-0.2, -0.15) is 0 Å². The van der Waals surface area contributed by atoms with Gasteiger partial charge in [-0.15, -0.1) is 0 Å². The Balaban J connectivity index is 2.68. The highest BCUT2D eigenvalue weighted by molar-refractivity contribution is 5.85. The van der Waals surface area contributed by atoms with E-state index in [2.05, 4.69) is 19.2 Å². The molecule has 2 unspecified atom stereocenters. The summed E-state index contributed by atoms with van der Waals surface area (Å²) in [4.78, 5) is 23.4. The van der Waals surface area contributed by atoms with Crippen LogP contribution in [0.2, 0.25) is 0 Å². The van der Waals surface area contributed by atoms with Gasteiger partial charge in [0.2, 0.25) is 5.91 Å². The normalized spacial score (nSPS) is 29.3. The summed E-state index contributed by atoms with van der Waals surface area (Å²) in [6, 6.07) is 0.142. The smallest absolute Gasteiger partial charge is 0.307 e. The average Bonchev–Trinajstić information content (AvgIpc) is 2.67. The van der Waals surface area contributed by atoms with Gasteiger partial charge in [0, 0.05) is 6.04 Å². The predicted octanol–water partition coefficient (Wildman–Crippen LogP) is 2.28. The Morgan fingerprint density at radius 2 is 1.83 bits per heavy atom. The molecule has 1 rings (SSSR count). The second-order valence-corrected chi connectivity index (χ2v) is 5.90. The van der Waals surface area contributed by atoms with E-state index in [1.165, 1.54) is 0 Å². The molecule has 1 aliphatic rings. The Bertz CT molecular complexity index is 314. The molecule has 104 valence electrons. The minimum absolute atomic E-state index is 0.0766. The van der Waals surface area contributed by atoms with E-state index in [0.29, 0.717) is 24.7 Å². The molecular weight excluding hydrogens is 230 g/mol. The van der Waals surface area contributed by atoms with Crippen molar-refractivity contribution in [3.8, 4) is 0 Å². The maximum Gasteiger partial charge on any atom is 0.307 e. The lowest BCUT2D eigenvalue weighted by Gasteiger charge is -2.24. The van der Waals surface area contributed by atoms with Crippen molar-refractivity contribution in [3.05, 3.63) is 0 Å². The molecular formula is C14H25NO3. The zero-order chi connectivity index (χ0) is 13.9. The summed E-state index contributed by atoms with van der Waals surface area (Å²) in [7, 11) is 0. The molecule has 18 heavy (non-hydrogen) atoms. The average molecular weight is 255 g/mol. The fourth-order valence-electron chi connectivity index (χ4n) is 2.88. The molecule has 0 aromatic rings. The lowest BCUT2D eigenvalue weighted by molar-refractivity contribution is -0.146. The molecule has 4 nitrogen and oxygen atoms in total. The first-order chi connectivity index (χ1) is 8.36. The van der Waals surface area contributed by atoms with E-state index in [-0.39, 0.29) is 17.9 Å². The summed E-state index contributed by atoms with van der Waals surface area (Å²) < 4.78 is 0. The third kappa shape index (κ3) is 3.47. The van der Waals surface area contributed by atoms with Crippen LogP contribution in [-0.2, 0) is 9.59 Å². The Hall–Kier alpha value is -1.06. The largest absolute Gasteiger partial charge is 0.481 e. The molecule has 1 aliphatic carbocycles. The van der Waals surface area contributed by atoms with Crippen LogP contribution >= 0.6 is 0 Å². The van der Waals surface area contributed by atoms with Crippen molar-refractivity contribution < 1.29 is 14.7 Å². The van der Waals surface area contributed by atoms with Gasteiger partial charge < -0.3 is 10.4 Å². The van der Waals surface area contributed by atoms with Gasteiger partial charge in [-0.25, -0.2) is 0 Å². The number of amides is 1. The van der Waals surface area contributed by atoms with Gasteiger partial charge in [-0.05, 0) is 31.1 Å². The van der Waals surface area contributed by atoms with Crippen molar-refractivity contribution in [2.24, 2.45) is 23.7 Å². The highest BCUT2D eigenvalue weighted by atomic mass is 16.4. The molecule has 2 N–H and O–H groups in total. The second kappa shape index (κ2) is 6.21. The Morgan fingerprint density at radius 1 is 1.28 bits per heavy atom. The van der Waals surface area contributed by atoms with Crippen molar-refractivity contribution >= 4 is 11.9 Å². The van der Waals surface area contributed by atoms with E-state index >= 15 is 0 Å². The van der Waals surface area contributed by atoms with Gasteiger partial charge in [-0.1, -0.05) is 27.7 Å². The molecule has 0 radical (unpaired) electrons. The SMILES string of the molecule is CCC(NC(=O)[C@H]1CC(C)C[C@H]1C(=O)O)C(C)C. The van der Waals surface area contributed by atoms with Crippen molar-refractivity contribution in [1.82, 2.24) is 5.32 Å². The van der Waals surface area contributed by atoms with Crippen LogP contribution in [0.1, 0.15) is 47.0 Å². The molecule has 4 atom stereocenters. The molecule has 4 heteroatoms. The Labute approximate surface area is 109 Å². The van der Waals surface area contributed by atoms with Crippen molar-refractivity contribution in [3.63, 3.8) is 0 Å². The van der Waals surface area contributed by atoms with Crippen molar-refractivity contribution in [2.45, 2.75) is 53.0 Å². The topological polar surface area (TPSA) is 66.4 Å². The zero-order valence-corrected chi connectivity index (χ0v) is 11.8. The number of carbonyl (C=O) groups excluding carboxylic acids is 1. The van der Waals surface area contributed by atoms with Gasteiger partial charge in [-0.3, -0.25) is 9.59 Å². The van der Waals surface area contributed by atoms with Gasteiger partial charge in [0.05, 0.1) is 11.8 Å². The number of rotatable bonds is 5. The fourth-order valence-corrected chi connectivity index (χ4v) is 2.88. The van der Waals surface area contributed by atoms with Crippen LogP contribution < -0.4 is 5.32 Å². The van der Waals surface area contributed by atoms with E-state index in [1.807, 2.05) is 13.8 Å². The summed E-state index contributed by atoms with van der Waals surface area (Å²) in [6.07, 6.45) is 2.19. The highest BCUT2D eigenvalue weighted by Gasteiger charge is 2.41. The second-order valence-electron chi connectivity index (χ2n) is 5.90. The molecule has 0 spiro atoms. The third-order valence-electron chi connectivity index (χ3n) is 4.02. The Morgan fingerprint density at radius 3 is 2.28 bits per heavy atom. The van der Waals surface area contributed by atoms with E-state index in [4.69, 9.17) is 0 Å². The number of nitrogens with one attached hydrogen (secondary N) is 1. The summed E-state index contributed by atoms with van der Waals surface area (Å²) in [5.74, 6) is -1.08. The van der Waals surface area contributed by atoms with E-state index in [0.717, 1.165) is 6.42 Å². The monoisotopic (exact) mass is 255 g/mol. The summed E-state index contributed by atoms with van der Waals surface area (Å²) in [6.45, 7) is 8.20. The van der Waals surface area contributed by atoms with Gasteiger partial charge >= 0.3 is 5.97 Å². The van der Waals surface area contributed by atoms with Crippen LogP contribution in [0.5, 0.6) is 0 Å². The first kappa shape index (κ1) is 15.0. The lowest BCUT2D eigenvalue weighted by Crippen LogP contribution is -2.43. The summed E-state index contributed by atoms with van der Waals surface area (Å²) >= 11 is 0. The first-order valence-electron chi connectivity index (χ1n) is 6.89. The summed E-state index contributed by atoms with van der Waals surface area (Å²) in [5, 5.41) is 12.2. The van der Waals surface area contributed by atoms with Crippen molar-refractivity contribution in [1.29, 1.82) is 0 Å². The van der Waals surface area contributed by atoms with E-state index < -0.39 is 11.9 Å². The number of hydrogen-bond acceptors (Lipinski definition) is 2. The number of hydrogen-bond donors (Lipinski definition) is 2. The first-order valence-corrected chi connectivity index (χ1v) is 6.89.